The lowest BCUT2D eigenvalue weighted by molar-refractivity contribution is 0.112. The summed E-state index contributed by atoms with van der Waals surface area (Å²) in [6.45, 7) is 5.07. The largest absolute Gasteiger partial charge is 0.342 e. The first-order chi connectivity index (χ1) is 9.70. The van der Waals surface area contributed by atoms with E-state index in [9.17, 15) is 4.79 Å². The van der Waals surface area contributed by atoms with Crippen LogP contribution in [0.25, 0.3) is 10.9 Å². The number of nitrogens with zero attached hydrogens (tertiary/aromatic N) is 1. The molecule has 0 radical (unpaired) electrons. The summed E-state index contributed by atoms with van der Waals surface area (Å²) in [6.07, 6.45) is 2.99. The van der Waals surface area contributed by atoms with E-state index >= 15 is 0 Å². The van der Waals surface area contributed by atoms with Crippen LogP contribution in [0.2, 0.25) is 0 Å². The van der Waals surface area contributed by atoms with Crippen molar-refractivity contribution in [3.05, 3.63) is 70.9 Å². The van der Waals surface area contributed by atoms with Crippen molar-refractivity contribution in [2.24, 2.45) is 0 Å². The molecule has 0 spiro atoms. The number of para-hydroxylation sites is 1. The van der Waals surface area contributed by atoms with Crippen molar-refractivity contribution in [3.8, 4) is 0 Å². The van der Waals surface area contributed by atoms with Gasteiger partial charge in [-0.15, -0.1) is 0 Å². The average Bonchev–Trinajstić information content (AvgIpc) is 2.86. The van der Waals surface area contributed by atoms with Gasteiger partial charge in [0.1, 0.15) is 0 Å². The molecule has 0 aliphatic rings. The van der Waals surface area contributed by atoms with Crippen LogP contribution in [0.3, 0.4) is 0 Å². The van der Waals surface area contributed by atoms with Crippen molar-refractivity contribution in [1.82, 2.24) is 4.57 Å². The molecule has 0 aliphatic heterocycles. The highest BCUT2D eigenvalue weighted by Crippen LogP contribution is 2.22. The second-order valence-corrected chi connectivity index (χ2v) is 5.22. The molecule has 0 saturated carbocycles. The number of rotatable bonds is 3. The van der Waals surface area contributed by atoms with Crippen molar-refractivity contribution in [3.63, 3.8) is 0 Å². The number of aryl methyl sites for hydroxylation is 2. The molecule has 20 heavy (non-hydrogen) atoms. The average molecular weight is 263 g/mol. The number of carbonyl (C=O) groups is 1. The Balaban J connectivity index is 2.14. The molecular formula is C18H17NO. The van der Waals surface area contributed by atoms with Gasteiger partial charge in [0.15, 0.2) is 6.29 Å². The number of hydrogen-bond donors (Lipinski definition) is 0. The molecule has 3 rings (SSSR count). The van der Waals surface area contributed by atoms with E-state index in [4.69, 9.17) is 0 Å². The van der Waals surface area contributed by atoms with Crippen LogP contribution in [0, 0.1) is 13.8 Å². The third-order valence-electron chi connectivity index (χ3n) is 3.92. The van der Waals surface area contributed by atoms with E-state index < -0.39 is 0 Å². The minimum atomic E-state index is 0.749. The monoisotopic (exact) mass is 263 g/mol. The van der Waals surface area contributed by atoms with Crippen molar-refractivity contribution in [1.29, 1.82) is 0 Å². The molecule has 0 unspecified atom stereocenters. The van der Waals surface area contributed by atoms with Gasteiger partial charge >= 0.3 is 0 Å². The van der Waals surface area contributed by atoms with Gasteiger partial charge in [-0.1, -0.05) is 30.3 Å². The maximum Gasteiger partial charge on any atom is 0.152 e. The lowest BCUT2D eigenvalue weighted by Gasteiger charge is -2.12. The zero-order chi connectivity index (χ0) is 14.1. The number of carbonyl (C=O) groups excluding carboxylic acids is 1. The van der Waals surface area contributed by atoms with Gasteiger partial charge in [-0.25, -0.2) is 0 Å². The molecule has 1 aromatic heterocycles. The molecule has 0 N–H and O–H groups in total. The Morgan fingerprint density at radius 3 is 2.40 bits per heavy atom. The Labute approximate surface area is 118 Å². The van der Waals surface area contributed by atoms with E-state index in [0.717, 1.165) is 29.3 Å². The minimum absolute atomic E-state index is 0.749. The quantitative estimate of drug-likeness (QED) is 0.651. The van der Waals surface area contributed by atoms with E-state index in [1.54, 1.807) is 0 Å². The second-order valence-electron chi connectivity index (χ2n) is 5.22. The number of benzene rings is 2. The summed E-state index contributed by atoms with van der Waals surface area (Å²) in [4.78, 5) is 11.2. The predicted molar refractivity (Wildman–Crippen MR) is 82.3 cm³/mol. The summed E-state index contributed by atoms with van der Waals surface area (Å²) in [7, 11) is 0. The van der Waals surface area contributed by atoms with Crippen LogP contribution in [-0.2, 0) is 6.54 Å². The molecule has 2 nitrogen and oxygen atoms in total. The van der Waals surface area contributed by atoms with Crippen molar-refractivity contribution in [2.45, 2.75) is 20.4 Å². The van der Waals surface area contributed by atoms with Gasteiger partial charge in [0.2, 0.25) is 0 Å². The molecule has 100 valence electrons. The summed E-state index contributed by atoms with van der Waals surface area (Å²) in [5.41, 5.74) is 5.67. The van der Waals surface area contributed by atoms with E-state index in [0.29, 0.717) is 0 Å². The third kappa shape index (κ3) is 2.03. The van der Waals surface area contributed by atoms with Gasteiger partial charge in [-0.2, -0.15) is 0 Å². The summed E-state index contributed by atoms with van der Waals surface area (Å²) >= 11 is 0. The highest BCUT2D eigenvalue weighted by Gasteiger charge is 2.08. The van der Waals surface area contributed by atoms with Gasteiger partial charge in [-0.05, 0) is 42.7 Å². The third-order valence-corrected chi connectivity index (χ3v) is 3.92. The minimum Gasteiger partial charge on any atom is -0.342 e. The zero-order valence-corrected chi connectivity index (χ0v) is 11.8. The Kier molecular flexibility index (Phi) is 3.15. The smallest absolute Gasteiger partial charge is 0.152 e. The fourth-order valence-corrected chi connectivity index (χ4v) is 2.79. The van der Waals surface area contributed by atoms with Crippen LogP contribution in [-0.4, -0.2) is 10.9 Å². The number of aldehydes is 1. The van der Waals surface area contributed by atoms with Gasteiger partial charge < -0.3 is 4.57 Å². The fraction of sp³-hybridized carbons (Fsp3) is 0.167. The lowest BCUT2D eigenvalue weighted by atomic mass is 10.0. The Morgan fingerprint density at radius 1 is 1.00 bits per heavy atom. The van der Waals surface area contributed by atoms with Crippen LogP contribution in [0.15, 0.2) is 48.7 Å². The molecule has 0 fully saturated rings. The van der Waals surface area contributed by atoms with Crippen LogP contribution >= 0.6 is 0 Å². The van der Waals surface area contributed by atoms with Gasteiger partial charge in [-0.3, -0.25) is 4.79 Å². The Bertz CT molecular complexity index is 763. The van der Waals surface area contributed by atoms with Crippen molar-refractivity contribution < 1.29 is 4.79 Å². The predicted octanol–water partition coefficient (Wildman–Crippen LogP) is 4.12. The lowest BCUT2D eigenvalue weighted by Crippen LogP contribution is -2.03. The van der Waals surface area contributed by atoms with Crippen LogP contribution in [0.4, 0.5) is 0 Å². The standard InChI is InChI=1S/C18H17NO/c1-13-5-3-6-14(2)17(13)11-19-10-9-15-7-4-8-16(12-20)18(15)19/h3-10,12H,11H2,1-2H3. The maximum atomic E-state index is 11.2. The molecule has 0 bridgehead atoms. The summed E-state index contributed by atoms with van der Waals surface area (Å²) in [6, 6.07) is 14.3. The summed E-state index contributed by atoms with van der Waals surface area (Å²) in [5, 5.41) is 1.11. The second kappa shape index (κ2) is 4.97. The molecule has 3 aromatic rings. The van der Waals surface area contributed by atoms with E-state index in [-0.39, 0.29) is 0 Å². The summed E-state index contributed by atoms with van der Waals surface area (Å²) < 4.78 is 2.16. The molecule has 2 aromatic carbocycles. The molecule has 0 amide bonds. The SMILES string of the molecule is Cc1cccc(C)c1Cn1ccc2cccc(C=O)c21. The van der Waals surface area contributed by atoms with E-state index in [2.05, 4.69) is 48.9 Å². The number of fused-ring (bicyclic) bond motifs is 1. The van der Waals surface area contributed by atoms with E-state index in [1.807, 2.05) is 18.2 Å². The normalized spacial score (nSPS) is 10.9. The Morgan fingerprint density at radius 2 is 1.70 bits per heavy atom. The number of aromatic nitrogens is 1. The first-order valence-corrected chi connectivity index (χ1v) is 6.79. The molecule has 0 aliphatic carbocycles. The topological polar surface area (TPSA) is 22.0 Å². The fourth-order valence-electron chi connectivity index (χ4n) is 2.79. The van der Waals surface area contributed by atoms with Gasteiger partial charge in [0.25, 0.3) is 0 Å². The van der Waals surface area contributed by atoms with Crippen LogP contribution in [0.5, 0.6) is 0 Å². The van der Waals surface area contributed by atoms with Crippen LogP contribution in [0.1, 0.15) is 27.0 Å². The van der Waals surface area contributed by atoms with Crippen LogP contribution < -0.4 is 0 Å². The molecular weight excluding hydrogens is 246 g/mol. The summed E-state index contributed by atoms with van der Waals surface area (Å²) in [5.74, 6) is 0. The zero-order valence-electron chi connectivity index (χ0n) is 11.8. The highest BCUT2D eigenvalue weighted by molar-refractivity contribution is 5.96. The first-order valence-electron chi connectivity index (χ1n) is 6.79. The highest BCUT2D eigenvalue weighted by atomic mass is 16.1. The van der Waals surface area contributed by atoms with Gasteiger partial charge in [0.05, 0.1) is 5.52 Å². The van der Waals surface area contributed by atoms with Crippen molar-refractivity contribution >= 4 is 17.2 Å². The van der Waals surface area contributed by atoms with Gasteiger partial charge in [0, 0.05) is 23.7 Å². The number of hydrogen-bond acceptors (Lipinski definition) is 1. The molecule has 1 heterocycles. The molecule has 2 heteroatoms. The van der Waals surface area contributed by atoms with Crippen molar-refractivity contribution in [2.75, 3.05) is 0 Å². The van der Waals surface area contributed by atoms with E-state index in [1.165, 1.54) is 16.7 Å². The molecule has 0 saturated heterocycles. The first kappa shape index (κ1) is 12.7. The maximum absolute atomic E-state index is 11.2. The Hall–Kier alpha value is -2.35. The molecule has 0 atom stereocenters.